The predicted molar refractivity (Wildman–Crippen MR) is 74.1 cm³/mol. The fourth-order valence-corrected chi connectivity index (χ4v) is 1.28. The van der Waals surface area contributed by atoms with Crippen molar-refractivity contribution in [1.82, 2.24) is 5.32 Å². The molecule has 0 fully saturated rings. The average molecular weight is 258 g/mol. The van der Waals surface area contributed by atoms with E-state index in [2.05, 4.69) is 5.32 Å². The van der Waals surface area contributed by atoms with Gasteiger partial charge >= 0.3 is 0 Å². The van der Waals surface area contributed by atoms with E-state index < -0.39 is 0 Å². The maximum atomic E-state index is 11.6. The molecule has 2 N–H and O–H groups in total. The van der Waals surface area contributed by atoms with Gasteiger partial charge in [-0.1, -0.05) is 26.0 Å². The van der Waals surface area contributed by atoms with Gasteiger partial charge in [0, 0.05) is 24.6 Å². The van der Waals surface area contributed by atoms with E-state index >= 15 is 0 Å². The molecular weight excluding hydrogens is 240 g/mol. The summed E-state index contributed by atoms with van der Waals surface area (Å²) in [5, 5.41) is 20.5. The fourth-order valence-electron chi connectivity index (χ4n) is 1.28. The largest absolute Gasteiger partial charge is 0.396 e. The van der Waals surface area contributed by atoms with Crippen LogP contribution in [0.2, 0.25) is 0 Å². The zero-order chi connectivity index (χ0) is 14.3. The number of hydrogen-bond acceptors (Lipinski definition) is 3. The third-order valence-corrected chi connectivity index (χ3v) is 2.64. The second-order valence-electron chi connectivity index (χ2n) is 5.11. The summed E-state index contributed by atoms with van der Waals surface area (Å²) in [4.78, 5) is 11.6. The van der Waals surface area contributed by atoms with Crippen LogP contribution in [0.1, 0.15) is 25.0 Å². The summed E-state index contributed by atoms with van der Waals surface area (Å²) in [6, 6.07) is 8.99. The summed E-state index contributed by atoms with van der Waals surface area (Å²) in [6.07, 6.45) is 3.12. The Morgan fingerprint density at radius 3 is 2.58 bits per heavy atom. The van der Waals surface area contributed by atoms with E-state index in [4.69, 9.17) is 10.4 Å². The van der Waals surface area contributed by atoms with Crippen molar-refractivity contribution in [1.29, 1.82) is 5.26 Å². The fraction of sp³-hybridized carbons (Fsp3) is 0.333. The van der Waals surface area contributed by atoms with Crippen molar-refractivity contribution in [3.8, 4) is 6.07 Å². The van der Waals surface area contributed by atoms with Crippen molar-refractivity contribution >= 4 is 12.0 Å². The molecule has 0 unspecified atom stereocenters. The minimum absolute atomic E-state index is 0.0205. The van der Waals surface area contributed by atoms with E-state index in [1.807, 2.05) is 19.9 Å². The van der Waals surface area contributed by atoms with Crippen LogP contribution in [0.25, 0.3) is 6.08 Å². The lowest BCUT2D eigenvalue weighted by atomic mass is 9.95. The van der Waals surface area contributed by atoms with Gasteiger partial charge < -0.3 is 10.4 Å². The monoisotopic (exact) mass is 258 g/mol. The Kier molecular flexibility index (Phi) is 5.28. The standard InChI is InChI=1S/C15H18N2O2/c1-15(2,11-18)10-17-14(19)8-7-12-3-5-13(9-16)6-4-12/h3-8,18H,10-11H2,1-2H3,(H,17,19)/b8-7+. The van der Waals surface area contributed by atoms with E-state index in [0.717, 1.165) is 5.56 Å². The molecule has 0 saturated heterocycles. The maximum Gasteiger partial charge on any atom is 0.244 e. The van der Waals surface area contributed by atoms with Crippen LogP contribution in [0.5, 0.6) is 0 Å². The summed E-state index contributed by atoms with van der Waals surface area (Å²) in [6.45, 7) is 4.18. The van der Waals surface area contributed by atoms with Gasteiger partial charge in [-0.15, -0.1) is 0 Å². The Bertz CT molecular complexity index is 496. The molecule has 1 aromatic rings. The van der Waals surface area contributed by atoms with Crippen molar-refractivity contribution in [2.75, 3.05) is 13.2 Å². The van der Waals surface area contributed by atoms with E-state index in [1.54, 1.807) is 30.3 Å². The quantitative estimate of drug-likeness (QED) is 0.790. The van der Waals surface area contributed by atoms with Gasteiger partial charge in [0.25, 0.3) is 0 Å². The topological polar surface area (TPSA) is 73.1 Å². The molecule has 0 atom stereocenters. The van der Waals surface area contributed by atoms with Gasteiger partial charge in [0.15, 0.2) is 0 Å². The molecule has 4 nitrogen and oxygen atoms in total. The number of carbonyl (C=O) groups excluding carboxylic acids is 1. The smallest absolute Gasteiger partial charge is 0.244 e. The van der Waals surface area contributed by atoms with Gasteiger partial charge in [-0.05, 0) is 23.8 Å². The number of hydrogen-bond donors (Lipinski definition) is 2. The van der Waals surface area contributed by atoms with Gasteiger partial charge in [0.1, 0.15) is 0 Å². The zero-order valence-electron chi connectivity index (χ0n) is 11.2. The lowest BCUT2D eigenvalue weighted by molar-refractivity contribution is -0.116. The molecule has 19 heavy (non-hydrogen) atoms. The summed E-state index contributed by atoms with van der Waals surface area (Å²) in [7, 11) is 0. The summed E-state index contributed by atoms with van der Waals surface area (Å²) >= 11 is 0. The number of aliphatic hydroxyl groups is 1. The van der Waals surface area contributed by atoms with Crippen LogP contribution in [-0.2, 0) is 4.79 Å². The summed E-state index contributed by atoms with van der Waals surface area (Å²) < 4.78 is 0. The van der Waals surface area contributed by atoms with E-state index in [0.29, 0.717) is 12.1 Å². The van der Waals surface area contributed by atoms with Gasteiger partial charge in [0.05, 0.1) is 11.6 Å². The van der Waals surface area contributed by atoms with Gasteiger partial charge in [-0.2, -0.15) is 5.26 Å². The minimum atomic E-state index is -0.321. The van der Waals surface area contributed by atoms with Crippen molar-refractivity contribution in [3.05, 3.63) is 41.5 Å². The van der Waals surface area contributed by atoms with Crippen LogP contribution in [0.3, 0.4) is 0 Å². The molecule has 0 heterocycles. The first-order valence-corrected chi connectivity index (χ1v) is 6.04. The number of nitrogens with zero attached hydrogens (tertiary/aromatic N) is 1. The van der Waals surface area contributed by atoms with Crippen LogP contribution < -0.4 is 5.32 Å². The molecule has 1 rings (SSSR count). The Hall–Kier alpha value is -2.12. The molecule has 0 radical (unpaired) electrons. The molecule has 1 aromatic carbocycles. The number of benzene rings is 1. The molecule has 100 valence electrons. The van der Waals surface area contributed by atoms with Crippen LogP contribution in [0.4, 0.5) is 0 Å². The van der Waals surface area contributed by atoms with Gasteiger partial charge in [0.2, 0.25) is 5.91 Å². The van der Waals surface area contributed by atoms with Crippen LogP contribution in [0, 0.1) is 16.7 Å². The molecule has 0 aliphatic carbocycles. The molecule has 0 spiro atoms. The normalized spacial score (nSPS) is 11.3. The molecule has 1 amide bonds. The molecule has 0 aromatic heterocycles. The Labute approximate surface area is 113 Å². The number of nitriles is 1. The first-order chi connectivity index (χ1) is 8.96. The van der Waals surface area contributed by atoms with Gasteiger partial charge in [-0.3, -0.25) is 4.79 Å². The summed E-state index contributed by atoms with van der Waals surface area (Å²) in [5.41, 5.74) is 1.12. The molecule has 0 aliphatic rings. The van der Waals surface area contributed by atoms with E-state index in [-0.39, 0.29) is 17.9 Å². The Balaban J connectivity index is 2.52. The SMILES string of the molecule is CC(C)(CO)CNC(=O)/C=C/c1ccc(C#N)cc1. The molecule has 0 bridgehead atoms. The highest BCUT2D eigenvalue weighted by Gasteiger charge is 2.16. The third-order valence-electron chi connectivity index (χ3n) is 2.64. The van der Waals surface area contributed by atoms with Crippen molar-refractivity contribution in [2.45, 2.75) is 13.8 Å². The zero-order valence-corrected chi connectivity index (χ0v) is 11.2. The molecule has 0 aliphatic heterocycles. The maximum absolute atomic E-state index is 11.6. The van der Waals surface area contributed by atoms with Crippen LogP contribution >= 0.6 is 0 Å². The van der Waals surface area contributed by atoms with Gasteiger partial charge in [-0.25, -0.2) is 0 Å². The molecular formula is C15H18N2O2. The lowest BCUT2D eigenvalue weighted by Crippen LogP contribution is -2.35. The number of nitrogens with one attached hydrogen (secondary N) is 1. The van der Waals surface area contributed by atoms with E-state index in [9.17, 15) is 4.79 Å². The lowest BCUT2D eigenvalue weighted by Gasteiger charge is -2.21. The highest BCUT2D eigenvalue weighted by Crippen LogP contribution is 2.11. The van der Waals surface area contributed by atoms with Crippen molar-refractivity contribution in [2.24, 2.45) is 5.41 Å². The molecule has 0 saturated carbocycles. The molecule has 4 heteroatoms. The third kappa shape index (κ3) is 5.36. The van der Waals surface area contributed by atoms with E-state index in [1.165, 1.54) is 6.08 Å². The van der Waals surface area contributed by atoms with Crippen molar-refractivity contribution < 1.29 is 9.90 Å². The highest BCUT2D eigenvalue weighted by atomic mass is 16.3. The first kappa shape index (κ1) is 14.9. The minimum Gasteiger partial charge on any atom is -0.396 e. The number of carbonyl (C=O) groups is 1. The second kappa shape index (κ2) is 6.72. The second-order valence-corrected chi connectivity index (χ2v) is 5.11. The van der Waals surface area contributed by atoms with Crippen molar-refractivity contribution in [3.63, 3.8) is 0 Å². The van der Waals surface area contributed by atoms with Crippen LogP contribution in [0.15, 0.2) is 30.3 Å². The number of amides is 1. The average Bonchev–Trinajstić information content (AvgIpc) is 2.43. The predicted octanol–water partition coefficient (Wildman–Crippen LogP) is 1.71. The number of rotatable bonds is 5. The first-order valence-electron chi connectivity index (χ1n) is 6.04. The Morgan fingerprint density at radius 2 is 2.05 bits per heavy atom. The summed E-state index contributed by atoms with van der Waals surface area (Å²) in [5.74, 6) is -0.203. The van der Waals surface area contributed by atoms with Crippen LogP contribution in [-0.4, -0.2) is 24.2 Å². The number of aliphatic hydroxyl groups excluding tert-OH is 1. The highest BCUT2D eigenvalue weighted by molar-refractivity contribution is 5.91. The Morgan fingerprint density at radius 1 is 1.42 bits per heavy atom.